The number of ether oxygens (including phenoxy) is 1. The van der Waals surface area contributed by atoms with Gasteiger partial charge in [0.25, 0.3) is 6.43 Å². The van der Waals surface area contributed by atoms with E-state index in [0.717, 1.165) is 11.1 Å². The van der Waals surface area contributed by atoms with E-state index in [9.17, 15) is 13.2 Å². The lowest BCUT2D eigenvalue weighted by Gasteiger charge is -2.17. The number of benzene rings is 1. The van der Waals surface area contributed by atoms with Crippen molar-refractivity contribution in [3.8, 4) is 0 Å². The van der Waals surface area contributed by atoms with Crippen LogP contribution in [0.1, 0.15) is 17.5 Å². The second kappa shape index (κ2) is 8.14. The van der Waals surface area contributed by atoms with Gasteiger partial charge in [0, 0.05) is 12.6 Å². The number of halogens is 3. The first-order chi connectivity index (χ1) is 9.02. The Hall–Kier alpha value is -1.11. The molecule has 1 atom stereocenters. The summed E-state index contributed by atoms with van der Waals surface area (Å²) in [6.07, 6.45) is -1.45. The molecule has 0 aliphatic heterocycles. The summed E-state index contributed by atoms with van der Waals surface area (Å²) in [7, 11) is 0. The van der Waals surface area contributed by atoms with E-state index >= 15 is 0 Å². The van der Waals surface area contributed by atoms with Gasteiger partial charge in [0.2, 0.25) is 0 Å². The van der Waals surface area contributed by atoms with Crippen LogP contribution in [-0.2, 0) is 11.2 Å². The fourth-order valence-electron chi connectivity index (χ4n) is 1.77. The fraction of sp³-hybridized carbons (Fsp3) is 0.538. The van der Waals surface area contributed by atoms with Crippen molar-refractivity contribution in [2.75, 3.05) is 13.2 Å². The molecule has 0 spiro atoms. The molecule has 0 aliphatic carbocycles. The third-order valence-electron chi connectivity index (χ3n) is 2.87. The van der Waals surface area contributed by atoms with Gasteiger partial charge in [-0.25, -0.2) is 13.2 Å². The summed E-state index contributed by atoms with van der Waals surface area (Å²) in [5.41, 5.74) is 4.41. The average Bonchev–Trinajstić information content (AvgIpc) is 2.37. The van der Waals surface area contributed by atoms with Gasteiger partial charge in [0.05, 0.1) is 0 Å². The second-order valence-corrected chi connectivity index (χ2v) is 4.39. The number of aryl methyl sites for hydroxylation is 1. The SMILES string of the molecule is Cc1ccc(F)cc1CC(CCOCC(F)F)NN. The Labute approximate surface area is 110 Å². The van der Waals surface area contributed by atoms with Crippen LogP contribution in [0.5, 0.6) is 0 Å². The van der Waals surface area contributed by atoms with E-state index in [2.05, 4.69) is 5.43 Å². The monoisotopic (exact) mass is 276 g/mol. The van der Waals surface area contributed by atoms with Gasteiger partial charge in [-0.3, -0.25) is 11.3 Å². The predicted molar refractivity (Wildman–Crippen MR) is 67.4 cm³/mol. The topological polar surface area (TPSA) is 47.3 Å². The lowest BCUT2D eigenvalue weighted by atomic mass is 10.00. The Morgan fingerprint density at radius 1 is 1.37 bits per heavy atom. The van der Waals surface area contributed by atoms with Crippen LogP contribution in [0.4, 0.5) is 13.2 Å². The van der Waals surface area contributed by atoms with Crippen molar-refractivity contribution < 1.29 is 17.9 Å². The Balaban J connectivity index is 2.45. The molecule has 1 aromatic rings. The van der Waals surface area contributed by atoms with Crippen LogP contribution in [0.3, 0.4) is 0 Å². The molecule has 1 unspecified atom stereocenters. The molecule has 1 aromatic carbocycles. The maximum Gasteiger partial charge on any atom is 0.261 e. The van der Waals surface area contributed by atoms with Gasteiger partial charge in [-0.1, -0.05) is 6.07 Å². The molecule has 3 nitrogen and oxygen atoms in total. The summed E-state index contributed by atoms with van der Waals surface area (Å²) in [5.74, 6) is 5.10. The summed E-state index contributed by atoms with van der Waals surface area (Å²) < 4.78 is 41.7. The highest BCUT2D eigenvalue weighted by Gasteiger charge is 2.11. The summed E-state index contributed by atoms with van der Waals surface area (Å²) in [6, 6.07) is 4.42. The Morgan fingerprint density at radius 3 is 2.74 bits per heavy atom. The quantitative estimate of drug-likeness (QED) is 0.434. The number of nitrogens with two attached hydrogens (primary N) is 1. The van der Waals surface area contributed by atoms with Crippen molar-refractivity contribution >= 4 is 0 Å². The van der Waals surface area contributed by atoms with Crippen molar-refractivity contribution in [3.63, 3.8) is 0 Å². The maximum absolute atomic E-state index is 13.1. The predicted octanol–water partition coefficient (Wildman–Crippen LogP) is 2.18. The first-order valence-electron chi connectivity index (χ1n) is 6.10. The van der Waals surface area contributed by atoms with Gasteiger partial charge < -0.3 is 4.74 Å². The Bertz CT molecular complexity index is 388. The second-order valence-electron chi connectivity index (χ2n) is 4.39. The van der Waals surface area contributed by atoms with Crippen LogP contribution in [-0.4, -0.2) is 25.7 Å². The molecule has 108 valence electrons. The molecule has 0 aromatic heterocycles. The fourth-order valence-corrected chi connectivity index (χ4v) is 1.77. The molecule has 3 N–H and O–H groups in total. The van der Waals surface area contributed by atoms with Gasteiger partial charge >= 0.3 is 0 Å². The molecule has 19 heavy (non-hydrogen) atoms. The third kappa shape index (κ3) is 6.04. The van der Waals surface area contributed by atoms with Crippen molar-refractivity contribution in [2.24, 2.45) is 5.84 Å². The standard InChI is InChI=1S/C13H19F3N2O/c1-9-2-3-11(14)6-10(9)7-12(18-17)4-5-19-8-13(15)16/h2-3,6,12-13,18H,4-5,7-8,17H2,1H3. The summed E-state index contributed by atoms with van der Waals surface area (Å²) in [6.45, 7) is 1.50. The molecule has 0 amide bonds. The van der Waals surface area contributed by atoms with Crippen molar-refractivity contribution in [2.45, 2.75) is 32.2 Å². The number of hydrazine groups is 1. The lowest BCUT2D eigenvalue weighted by molar-refractivity contribution is 0.0144. The van der Waals surface area contributed by atoms with E-state index in [1.54, 1.807) is 6.07 Å². The Kier molecular flexibility index (Phi) is 6.83. The Morgan fingerprint density at radius 2 is 2.11 bits per heavy atom. The number of hydrogen-bond donors (Lipinski definition) is 2. The molecule has 0 bridgehead atoms. The zero-order chi connectivity index (χ0) is 14.3. The summed E-state index contributed by atoms with van der Waals surface area (Å²) >= 11 is 0. The molecule has 0 saturated carbocycles. The molecular formula is C13H19F3N2O. The molecule has 0 saturated heterocycles. The van der Waals surface area contributed by atoms with Gasteiger partial charge in [-0.2, -0.15) is 0 Å². The zero-order valence-corrected chi connectivity index (χ0v) is 10.8. The minimum absolute atomic E-state index is 0.141. The number of rotatable bonds is 8. The number of nitrogens with one attached hydrogen (secondary N) is 1. The maximum atomic E-state index is 13.1. The highest BCUT2D eigenvalue weighted by molar-refractivity contribution is 5.27. The van der Waals surface area contributed by atoms with Crippen LogP contribution in [0.25, 0.3) is 0 Å². The smallest absolute Gasteiger partial charge is 0.261 e. The summed E-state index contributed by atoms with van der Waals surface area (Å²) in [4.78, 5) is 0. The molecule has 0 radical (unpaired) electrons. The van der Waals surface area contributed by atoms with E-state index in [-0.39, 0.29) is 18.5 Å². The molecule has 6 heteroatoms. The average molecular weight is 276 g/mol. The van der Waals surface area contributed by atoms with E-state index < -0.39 is 13.0 Å². The van der Waals surface area contributed by atoms with Crippen molar-refractivity contribution in [1.29, 1.82) is 0 Å². The van der Waals surface area contributed by atoms with E-state index in [1.165, 1.54) is 12.1 Å². The van der Waals surface area contributed by atoms with Crippen LogP contribution in [0.15, 0.2) is 18.2 Å². The first-order valence-corrected chi connectivity index (χ1v) is 6.10. The van der Waals surface area contributed by atoms with Gasteiger partial charge in [-0.05, 0) is 43.0 Å². The van der Waals surface area contributed by atoms with Gasteiger partial charge in [-0.15, -0.1) is 0 Å². The number of hydrogen-bond acceptors (Lipinski definition) is 3. The third-order valence-corrected chi connectivity index (χ3v) is 2.87. The lowest BCUT2D eigenvalue weighted by Crippen LogP contribution is -2.38. The van der Waals surface area contributed by atoms with Crippen LogP contribution in [0.2, 0.25) is 0 Å². The molecule has 0 heterocycles. The van der Waals surface area contributed by atoms with Gasteiger partial charge in [0.1, 0.15) is 12.4 Å². The molecular weight excluding hydrogens is 257 g/mol. The van der Waals surface area contributed by atoms with Crippen LogP contribution >= 0.6 is 0 Å². The van der Waals surface area contributed by atoms with E-state index in [0.29, 0.717) is 12.8 Å². The molecule has 1 rings (SSSR count). The highest BCUT2D eigenvalue weighted by Crippen LogP contribution is 2.13. The van der Waals surface area contributed by atoms with Crippen LogP contribution < -0.4 is 11.3 Å². The number of alkyl halides is 2. The van der Waals surface area contributed by atoms with Crippen molar-refractivity contribution in [3.05, 3.63) is 35.1 Å². The first kappa shape index (κ1) is 15.9. The van der Waals surface area contributed by atoms with E-state index in [4.69, 9.17) is 10.6 Å². The minimum atomic E-state index is -2.46. The highest BCUT2D eigenvalue weighted by atomic mass is 19.3. The van der Waals surface area contributed by atoms with Gasteiger partial charge in [0.15, 0.2) is 0 Å². The minimum Gasteiger partial charge on any atom is -0.375 e. The molecule has 0 aliphatic rings. The van der Waals surface area contributed by atoms with Crippen LogP contribution in [0, 0.1) is 12.7 Å². The normalized spacial score (nSPS) is 12.9. The largest absolute Gasteiger partial charge is 0.375 e. The molecule has 0 fully saturated rings. The van der Waals surface area contributed by atoms with Crippen molar-refractivity contribution in [1.82, 2.24) is 5.43 Å². The zero-order valence-electron chi connectivity index (χ0n) is 10.8. The van der Waals surface area contributed by atoms with E-state index in [1.807, 2.05) is 6.92 Å². The summed E-state index contributed by atoms with van der Waals surface area (Å²) in [5, 5.41) is 0.